The molecule has 1 fully saturated rings. The average molecular weight is 171 g/mol. The summed E-state index contributed by atoms with van der Waals surface area (Å²) in [6.07, 6.45) is 6.94. The highest BCUT2D eigenvalue weighted by atomic mass is 16.2. The Morgan fingerprint density at radius 1 is 1.33 bits per heavy atom. The quantitative estimate of drug-likeness (QED) is 0.474. The predicted octanol–water partition coefficient (Wildman–Crippen LogP) is 1.05. The van der Waals surface area contributed by atoms with Crippen molar-refractivity contribution in [2.75, 3.05) is 0 Å². The molecule has 0 aromatic heterocycles. The number of hydrogen-bond donors (Lipinski definition) is 1. The largest absolute Gasteiger partial charge is 0.328 e. The van der Waals surface area contributed by atoms with Gasteiger partial charge in [-0.05, 0) is 12.8 Å². The van der Waals surface area contributed by atoms with Gasteiger partial charge in [0.05, 0.1) is 0 Å². The van der Waals surface area contributed by atoms with E-state index in [2.05, 4.69) is 0 Å². The maximum atomic E-state index is 9.44. The van der Waals surface area contributed by atoms with Crippen LogP contribution in [0.15, 0.2) is 0 Å². The Morgan fingerprint density at radius 2 is 1.75 bits per heavy atom. The Kier molecular flexibility index (Phi) is 6.57. The zero-order chi connectivity index (χ0) is 9.40. The number of hydrogen-bond acceptors (Lipinski definition) is 3. The zero-order valence-electron chi connectivity index (χ0n) is 7.58. The topological polar surface area (TPSA) is 60.2 Å². The van der Waals surface area contributed by atoms with Crippen LogP contribution in [-0.4, -0.2) is 18.1 Å². The van der Waals surface area contributed by atoms with Crippen molar-refractivity contribution in [1.29, 1.82) is 0 Å². The van der Waals surface area contributed by atoms with E-state index in [1.165, 1.54) is 39.0 Å². The second kappa shape index (κ2) is 6.98. The number of nitrogens with two attached hydrogens (primary N) is 1. The summed E-state index contributed by atoms with van der Waals surface area (Å²) in [6, 6.07) is 0.536. The number of carbonyl (C=O) groups is 2. The summed E-state index contributed by atoms with van der Waals surface area (Å²) >= 11 is 0. The van der Waals surface area contributed by atoms with Gasteiger partial charge < -0.3 is 5.73 Å². The summed E-state index contributed by atoms with van der Waals surface area (Å²) in [7, 11) is 0. The molecule has 0 radical (unpaired) electrons. The molecule has 70 valence electrons. The van der Waals surface area contributed by atoms with Crippen molar-refractivity contribution >= 4 is 12.1 Å². The van der Waals surface area contributed by atoms with Crippen LogP contribution in [0.5, 0.6) is 0 Å². The van der Waals surface area contributed by atoms with Gasteiger partial charge in [0, 0.05) is 13.0 Å². The van der Waals surface area contributed by atoms with E-state index in [9.17, 15) is 4.79 Å². The van der Waals surface area contributed by atoms with Gasteiger partial charge in [-0.15, -0.1) is 0 Å². The molecule has 0 bridgehead atoms. The SMILES string of the molecule is CC(=O)C=O.NC1CCCCC1. The Balaban J connectivity index is 0.000000217. The van der Waals surface area contributed by atoms with Gasteiger partial charge in [-0.1, -0.05) is 19.3 Å². The fourth-order valence-electron chi connectivity index (χ4n) is 1.13. The molecule has 0 unspecified atom stereocenters. The minimum absolute atomic E-state index is 0.278. The summed E-state index contributed by atoms with van der Waals surface area (Å²) in [6.45, 7) is 1.22. The molecule has 3 nitrogen and oxygen atoms in total. The third kappa shape index (κ3) is 7.41. The zero-order valence-corrected chi connectivity index (χ0v) is 7.58. The molecule has 0 aromatic carbocycles. The highest BCUT2D eigenvalue weighted by molar-refractivity contribution is 6.23. The summed E-state index contributed by atoms with van der Waals surface area (Å²) in [5, 5.41) is 0. The van der Waals surface area contributed by atoms with Crippen LogP contribution in [0.4, 0.5) is 0 Å². The Hall–Kier alpha value is -0.700. The van der Waals surface area contributed by atoms with Crippen molar-refractivity contribution in [1.82, 2.24) is 0 Å². The van der Waals surface area contributed by atoms with E-state index in [1.54, 1.807) is 0 Å². The van der Waals surface area contributed by atoms with Crippen LogP contribution < -0.4 is 5.73 Å². The highest BCUT2D eigenvalue weighted by Crippen LogP contribution is 2.14. The van der Waals surface area contributed by atoms with Crippen molar-refractivity contribution in [2.24, 2.45) is 5.73 Å². The second-order valence-corrected chi connectivity index (χ2v) is 3.13. The van der Waals surface area contributed by atoms with E-state index in [-0.39, 0.29) is 6.29 Å². The number of carbonyl (C=O) groups excluding carboxylic acids is 2. The van der Waals surface area contributed by atoms with Gasteiger partial charge in [-0.3, -0.25) is 9.59 Å². The maximum absolute atomic E-state index is 9.44. The van der Waals surface area contributed by atoms with Crippen LogP contribution in [0.3, 0.4) is 0 Å². The highest BCUT2D eigenvalue weighted by Gasteiger charge is 2.06. The van der Waals surface area contributed by atoms with Crippen LogP contribution in [-0.2, 0) is 9.59 Å². The molecule has 1 saturated carbocycles. The van der Waals surface area contributed by atoms with E-state index in [1.807, 2.05) is 0 Å². The standard InChI is InChI=1S/C6H13N.C3H4O2/c7-6-4-2-1-3-5-6;1-3(5)2-4/h6H,1-5,7H2;2H,1H3. The van der Waals surface area contributed by atoms with Crippen molar-refractivity contribution < 1.29 is 9.59 Å². The lowest BCUT2D eigenvalue weighted by Crippen LogP contribution is -2.22. The van der Waals surface area contributed by atoms with E-state index < -0.39 is 5.78 Å². The van der Waals surface area contributed by atoms with E-state index in [0.29, 0.717) is 6.04 Å². The summed E-state index contributed by atoms with van der Waals surface area (Å²) in [5.74, 6) is -0.426. The molecule has 0 spiro atoms. The van der Waals surface area contributed by atoms with Crippen molar-refractivity contribution in [3.05, 3.63) is 0 Å². The Morgan fingerprint density at radius 3 is 1.92 bits per heavy atom. The first-order valence-electron chi connectivity index (χ1n) is 4.38. The molecule has 2 N–H and O–H groups in total. The van der Waals surface area contributed by atoms with Crippen molar-refractivity contribution in [2.45, 2.75) is 45.1 Å². The molecule has 1 aliphatic carbocycles. The van der Waals surface area contributed by atoms with Crippen LogP contribution >= 0.6 is 0 Å². The Labute approximate surface area is 73.3 Å². The van der Waals surface area contributed by atoms with Gasteiger partial charge in [-0.2, -0.15) is 0 Å². The summed E-state index contributed by atoms with van der Waals surface area (Å²) in [5.41, 5.74) is 5.63. The first kappa shape index (κ1) is 11.3. The fraction of sp³-hybridized carbons (Fsp3) is 0.778. The van der Waals surface area contributed by atoms with Crippen LogP contribution in [0, 0.1) is 0 Å². The molecule has 12 heavy (non-hydrogen) atoms. The monoisotopic (exact) mass is 171 g/mol. The smallest absolute Gasteiger partial charge is 0.192 e. The molecular weight excluding hydrogens is 154 g/mol. The predicted molar refractivity (Wildman–Crippen MR) is 47.8 cm³/mol. The number of ketones is 1. The van der Waals surface area contributed by atoms with E-state index in [0.717, 1.165) is 0 Å². The Bertz CT molecular complexity index is 139. The molecule has 0 aliphatic heterocycles. The first-order valence-corrected chi connectivity index (χ1v) is 4.38. The normalized spacial score (nSPS) is 17.5. The van der Waals surface area contributed by atoms with Gasteiger partial charge in [0.2, 0.25) is 0 Å². The van der Waals surface area contributed by atoms with Gasteiger partial charge in [-0.25, -0.2) is 0 Å². The summed E-state index contributed by atoms with van der Waals surface area (Å²) < 4.78 is 0. The summed E-state index contributed by atoms with van der Waals surface area (Å²) in [4.78, 5) is 18.6. The van der Waals surface area contributed by atoms with Crippen molar-refractivity contribution in [3.8, 4) is 0 Å². The molecule has 1 rings (SSSR count). The molecule has 0 heterocycles. The lowest BCUT2D eigenvalue weighted by atomic mass is 9.97. The van der Waals surface area contributed by atoms with Crippen LogP contribution in [0.2, 0.25) is 0 Å². The van der Waals surface area contributed by atoms with Crippen LogP contribution in [0.1, 0.15) is 39.0 Å². The number of aldehydes is 1. The number of Topliss-reactive ketones (excluding diaryl/α,β-unsaturated/α-hetero) is 1. The van der Waals surface area contributed by atoms with Gasteiger partial charge >= 0.3 is 0 Å². The molecule has 0 amide bonds. The van der Waals surface area contributed by atoms with Gasteiger partial charge in [0.25, 0.3) is 0 Å². The molecular formula is C9H17NO2. The first-order chi connectivity index (χ1) is 5.66. The molecule has 1 aliphatic rings. The molecule has 0 saturated heterocycles. The van der Waals surface area contributed by atoms with Gasteiger partial charge in [0.15, 0.2) is 12.1 Å². The minimum atomic E-state index is -0.426. The minimum Gasteiger partial charge on any atom is -0.328 e. The molecule has 0 aromatic rings. The number of rotatable bonds is 1. The lowest BCUT2D eigenvalue weighted by Gasteiger charge is -2.15. The van der Waals surface area contributed by atoms with Gasteiger partial charge in [0.1, 0.15) is 0 Å². The fourth-order valence-corrected chi connectivity index (χ4v) is 1.13. The van der Waals surface area contributed by atoms with E-state index in [4.69, 9.17) is 10.5 Å². The average Bonchev–Trinajstić information content (AvgIpc) is 2.07. The second-order valence-electron chi connectivity index (χ2n) is 3.13. The third-order valence-electron chi connectivity index (χ3n) is 1.82. The third-order valence-corrected chi connectivity index (χ3v) is 1.82. The maximum Gasteiger partial charge on any atom is 0.192 e. The van der Waals surface area contributed by atoms with Crippen molar-refractivity contribution in [3.63, 3.8) is 0 Å². The molecule has 0 atom stereocenters. The lowest BCUT2D eigenvalue weighted by molar-refractivity contribution is -0.128. The molecule has 3 heteroatoms. The van der Waals surface area contributed by atoms with E-state index >= 15 is 0 Å². The van der Waals surface area contributed by atoms with Crippen LogP contribution in [0.25, 0.3) is 0 Å².